The van der Waals surface area contributed by atoms with Crippen LogP contribution in [0.25, 0.3) is 17.0 Å². The van der Waals surface area contributed by atoms with Crippen molar-refractivity contribution in [1.82, 2.24) is 19.2 Å². The van der Waals surface area contributed by atoms with Crippen LogP contribution in [0.5, 0.6) is 0 Å². The molecule has 0 amide bonds. The summed E-state index contributed by atoms with van der Waals surface area (Å²) in [5.74, 6) is 1.33. The van der Waals surface area contributed by atoms with Gasteiger partial charge in [-0.25, -0.2) is 0 Å². The second-order valence-electron chi connectivity index (χ2n) is 9.65. The van der Waals surface area contributed by atoms with E-state index in [2.05, 4.69) is 52.7 Å². The Morgan fingerprint density at radius 2 is 1.91 bits per heavy atom. The molecule has 0 aliphatic heterocycles. The fourth-order valence-corrected chi connectivity index (χ4v) is 6.59. The zero-order valence-corrected chi connectivity index (χ0v) is 19.9. The first-order chi connectivity index (χ1) is 16.1. The summed E-state index contributed by atoms with van der Waals surface area (Å²) < 4.78 is 9.56. The smallest absolute Gasteiger partial charge is 0.259 e. The van der Waals surface area contributed by atoms with Crippen molar-refractivity contribution in [2.24, 2.45) is 0 Å². The van der Waals surface area contributed by atoms with Crippen LogP contribution >= 0.6 is 11.8 Å². The summed E-state index contributed by atoms with van der Waals surface area (Å²) in [6, 6.07) is 12.3. The molecular formula is C26H28N4O2S. The third-order valence-corrected chi connectivity index (χ3v) is 8.10. The number of hydrogen-bond acceptors (Lipinski definition) is 5. The molecule has 3 heterocycles. The normalized spacial score (nSPS) is 16.9. The Morgan fingerprint density at radius 1 is 1.09 bits per heavy atom. The summed E-state index contributed by atoms with van der Waals surface area (Å²) in [6.45, 7) is 4.67. The van der Waals surface area contributed by atoms with E-state index in [1.807, 2.05) is 12.1 Å². The summed E-state index contributed by atoms with van der Waals surface area (Å²) >= 11 is 1.69. The number of hydrogen-bond donors (Lipinski definition) is 0. The summed E-state index contributed by atoms with van der Waals surface area (Å²) in [5.41, 5.74) is 4.33. The Bertz CT molecular complexity index is 1380. The van der Waals surface area contributed by atoms with Gasteiger partial charge in [0.05, 0.1) is 18.5 Å². The van der Waals surface area contributed by atoms with E-state index in [1.165, 1.54) is 12.0 Å². The standard InChI is InChI=1S/C26H28N4O2S/c1-17(2)33-25-28-27-24-29(16-19-10-8-14-32-19)23(31)21-22(30(24)25)20-11-5-4-9-18(20)15-26(21)12-6-3-7-13-26/h4-5,8-11,14,17H,3,6-7,12-13,15-16H2,1-2H3. The van der Waals surface area contributed by atoms with Gasteiger partial charge in [0.15, 0.2) is 5.16 Å². The fraction of sp³-hybridized carbons (Fsp3) is 0.423. The molecule has 6 rings (SSSR count). The SMILES string of the molecule is CC(C)Sc1nnc2n(Cc3ccco3)c(=O)c3c(n12)-c1ccccc1CC31CCCCC1. The van der Waals surface area contributed by atoms with Crippen molar-refractivity contribution in [1.29, 1.82) is 0 Å². The molecule has 3 aromatic heterocycles. The molecule has 1 fully saturated rings. The van der Waals surface area contributed by atoms with E-state index in [1.54, 1.807) is 22.6 Å². The zero-order valence-electron chi connectivity index (χ0n) is 19.1. The molecule has 170 valence electrons. The van der Waals surface area contributed by atoms with Crippen LogP contribution < -0.4 is 5.56 Å². The Labute approximate surface area is 197 Å². The molecule has 7 heteroatoms. The summed E-state index contributed by atoms with van der Waals surface area (Å²) in [5, 5.41) is 10.3. The lowest BCUT2D eigenvalue weighted by Gasteiger charge is -2.42. The minimum atomic E-state index is -0.137. The Balaban J connectivity index is 1.73. The lowest BCUT2D eigenvalue weighted by Crippen LogP contribution is -2.43. The van der Waals surface area contributed by atoms with Gasteiger partial charge in [0.25, 0.3) is 5.56 Å². The quantitative estimate of drug-likeness (QED) is 0.379. The Kier molecular flexibility index (Phi) is 4.98. The highest BCUT2D eigenvalue weighted by atomic mass is 32.2. The topological polar surface area (TPSA) is 65.3 Å². The summed E-state index contributed by atoms with van der Waals surface area (Å²) in [6.07, 6.45) is 8.23. The van der Waals surface area contributed by atoms with Crippen LogP contribution in [-0.4, -0.2) is 24.4 Å². The maximum Gasteiger partial charge on any atom is 0.259 e. The number of benzene rings is 1. The van der Waals surface area contributed by atoms with E-state index in [0.717, 1.165) is 59.8 Å². The second kappa shape index (κ2) is 7.90. The van der Waals surface area contributed by atoms with Gasteiger partial charge in [-0.05, 0) is 37.0 Å². The molecule has 0 atom stereocenters. The fourth-order valence-electron chi connectivity index (χ4n) is 5.81. The Morgan fingerprint density at radius 3 is 2.67 bits per heavy atom. The van der Waals surface area contributed by atoms with Gasteiger partial charge in [-0.2, -0.15) is 0 Å². The van der Waals surface area contributed by atoms with Crippen molar-refractivity contribution < 1.29 is 4.42 Å². The molecule has 1 saturated carbocycles. The molecule has 2 aliphatic carbocycles. The van der Waals surface area contributed by atoms with Crippen molar-refractivity contribution in [2.45, 2.75) is 74.7 Å². The number of thioether (sulfide) groups is 1. The number of rotatable bonds is 4. The van der Waals surface area contributed by atoms with Crippen LogP contribution in [0.15, 0.2) is 57.0 Å². The summed E-state index contributed by atoms with van der Waals surface area (Å²) in [7, 11) is 0. The molecule has 0 unspecified atom stereocenters. The van der Waals surface area contributed by atoms with E-state index in [0.29, 0.717) is 17.6 Å². The monoisotopic (exact) mass is 460 g/mol. The molecule has 1 aromatic carbocycles. The van der Waals surface area contributed by atoms with Gasteiger partial charge in [0, 0.05) is 21.8 Å². The van der Waals surface area contributed by atoms with Crippen LogP contribution in [0.2, 0.25) is 0 Å². The molecule has 0 bridgehead atoms. The third kappa shape index (κ3) is 3.28. The molecule has 1 spiro atoms. The lowest BCUT2D eigenvalue weighted by atomic mass is 9.62. The van der Waals surface area contributed by atoms with Crippen molar-refractivity contribution in [3.63, 3.8) is 0 Å². The minimum absolute atomic E-state index is 0.0544. The van der Waals surface area contributed by atoms with Crippen LogP contribution in [0, 0.1) is 0 Å². The van der Waals surface area contributed by atoms with Gasteiger partial charge in [0.1, 0.15) is 5.76 Å². The van der Waals surface area contributed by atoms with E-state index < -0.39 is 0 Å². The van der Waals surface area contributed by atoms with E-state index in [9.17, 15) is 4.79 Å². The largest absolute Gasteiger partial charge is 0.467 e. The third-order valence-electron chi connectivity index (χ3n) is 7.15. The van der Waals surface area contributed by atoms with Crippen molar-refractivity contribution in [3.05, 3.63) is 69.9 Å². The highest BCUT2D eigenvalue weighted by Gasteiger charge is 2.44. The molecule has 2 aliphatic rings. The number of nitrogens with zero attached hydrogens (tertiary/aromatic N) is 4. The van der Waals surface area contributed by atoms with E-state index in [4.69, 9.17) is 4.42 Å². The first kappa shape index (κ1) is 20.8. The highest BCUT2D eigenvalue weighted by Crippen LogP contribution is 2.49. The molecule has 0 N–H and O–H groups in total. The van der Waals surface area contributed by atoms with Crippen LogP contribution in [0.4, 0.5) is 0 Å². The maximum absolute atomic E-state index is 14.3. The van der Waals surface area contributed by atoms with Gasteiger partial charge in [-0.15, -0.1) is 10.2 Å². The predicted molar refractivity (Wildman–Crippen MR) is 130 cm³/mol. The van der Waals surface area contributed by atoms with Gasteiger partial charge in [-0.3, -0.25) is 13.8 Å². The Hall–Kier alpha value is -2.80. The number of furan rings is 1. The molecule has 0 radical (unpaired) electrons. The predicted octanol–water partition coefficient (Wildman–Crippen LogP) is 5.46. The average Bonchev–Trinajstić information content (AvgIpc) is 3.46. The molecular weight excluding hydrogens is 432 g/mol. The molecule has 33 heavy (non-hydrogen) atoms. The van der Waals surface area contributed by atoms with E-state index in [-0.39, 0.29) is 11.0 Å². The van der Waals surface area contributed by atoms with Crippen molar-refractivity contribution in [3.8, 4) is 11.3 Å². The van der Waals surface area contributed by atoms with Crippen molar-refractivity contribution in [2.75, 3.05) is 0 Å². The lowest BCUT2D eigenvalue weighted by molar-refractivity contribution is 0.283. The van der Waals surface area contributed by atoms with E-state index >= 15 is 0 Å². The number of fused-ring (bicyclic) bond motifs is 6. The second-order valence-corrected chi connectivity index (χ2v) is 11.2. The summed E-state index contributed by atoms with van der Waals surface area (Å²) in [4.78, 5) is 14.3. The van der Waals surface area contributed by atoms with Crippen LogP contribution in [0.3, 0.4) is 0 Å². The minimum Gasteiger partial charge on any atom is -0.467 e. The van der Waals surface area contributed by atoms with Crippen LogP contribution in [-0.2, 0) is 18.4 Å². The first-order valence-corrected chi connectivity index (χ1v) is 12.8. The zero-order chi connectivity index (χ0) is 22.6. The van der Waals surface area contributed by atoms with Gasteiger partial charge in [-0.1, -0.05) is 69.1 Å². The highest BCUT2D eigenvalue weighted by molar-refractivity contribution is 7.99. The average molecular weight is 461 g/mol. The van der Waals surface area contributed by atoms with Crippen LogP contribution in [0.1, 0.15) is 62.8 Å². The first-order valence-electron chi connectivity index (χ1n) is 11.9. The maximum atomic E-state index is 14.3. The number of aromatic nitrogens is 4. The van der Waals surface area contributed by atoms with Gasteiger partial charge < -0.3 is 4.42 Å². The van der Waals surface area contributed by atoms with Crippen molar-refractivity contribution >= 4 is 17.5 Å². The molecule has 4 aromatic rings. The molecule has 6 nitrogen and oxygen atoms in total. The molecule has 0 saturated heterocycles. The van der Waals surface area contributed by atoms with Gasteiger partial charge >= 0.3 is 0 Å². The van der Waals surface area contributed by atoms with Gasteiger partial charge in [0.2, 0.25) is 5.78 Å².